The molecular formula is C49H32NP. The zero-order chi connectivity index (χ0) is 33.5. The Morgan fingerprint density at radius 2 is 0.941 bits per heavy atom. The van der Waals surface area contributed by atoms with Crippen LogP contribution in [0.3, 0.4) is 0 Å². The molecule has 238 valence electrons. The molecule has 11 rings (SSSR count). The van der Waals surface area contributed by atoms with Gasteiger partial charge in [-0.15, -0.1) is 0 Å². The maximum Gasteiger partial charge on any atom is 0.0755 e. The fourth-order valence-electron chi connectivity index (χ4n) is 9.10. The number of nitrogens with zero attached hydrogens (tertiary/aromatic N) is 1. The van der Waals surface area contributed by atoms with Crippen molar-refractivity contribution in [3.8, 4) is 27.9 Å². The van der Waals surface area contributed by atoms with Crippen LogP contribution in [0.5, 0.6) is 0 Å². The van der Waals surface area contributed by atoms with E-state index in [0.29, 0.717) is 0 Å². The Kier molecular flexibility index (Phi) is 6.21. The number of para-hydroxylation sites is 3. The van der Waals surface area contributed by atoms with Gasteiger partial charge in [0.1, 0.15) is 0 Å². The number of hydrogen-bond acceptors (Lipinski definition) is 0. The van der Waals surface area contributed by atoms with E-state index in [4.69, 9.17) is 0 Å². The lowest BCUT2D eigenvalue weighted by atomic mass is 9.62. The van der Waals surface area contributed by atoms with Crippen LogP contribution in [0.2, 0.25) is 0 Å². The van der Waals surface area contributed by atoms with E-state index in [1.807, 2.05) is 0 Å². The lowest BCUT2D eigenvalue weighted by molar-refractivity contribution is 0.735. The van der Waals surface area contributed by atoms with Crippen LogP contribution >= 0.6 is 7.92 Å². The van der Waals surface area contributed by atoms with Gasteiger partial charge in [0.05, 0.1) is 22.1 Å². The lowest BCUT2D eigenvalue weighted by Crippen LogP contribution is -2.47. The first-order chi connectivity index (χ1) is 25.3. The van der Waals surface area contributed by atoms with Crippen molar-refractivity contribution in [3.05, 3.63) is 216 Å². The van der Waals surface area contributed by atoms with E-state index in [2.05, 4.69) is 199 Å². The maximum atomic E-state index is 2.54. The van der Waals surface area contributed by atoms with Crippen molar-refractivity contribution >= 4 is 45.6 Å². The van der Waals surface area contributed by atoms with Gasteiger partial charge in [-0.25, -0.2) is 0 Å². The first-order valence-electron chi connectivity index (χ1n) is 17.7. The zero-order valence-electron chi connectivity index (χ0n) is 27.9. The molecule has 2 atom stereocenters. The number of aromatic nitrogens is 1. The third kappa shape index (κ3) is 3.96. The third-order valence-electron chi connectivity index (χ3n) is 11.2. The van der Waals surface area contributed by atoms with E-state index in [1.165, 1.54) is 87.9 Å². The van der Waals surface area contributed by atoms with Crippen molar-refractivity contribution in [1.82, 2.24) is 4.57 Å². The largest absolute Gasteiger partial charge is 0.309 e. The van der Waals surface area contributed by atoms with Gasteiger partial charge in [0, 0.05) is 10.8 Å². The molecule has 1 spiro atoms. The fraction of sp³-hybridized carbons (Fsp3) is 0.0204. The Morgan fingerprint density at radius 1 is 0.373 bits per heavy atom. The smallest absolute Gasteiger partial charge is 0.0755 e. The summed E-state index contributed by atoms with van der Waals surface area (Å²) in [5, 5.41) is 6.84. The zero-order valence-corrected chi connectivity index (χ0v) is 28.8. The van der Waals surface area contributed by atoms with Crippen LogP contribution in [0, 0.1) is 0 Å². The van der Waals surface area contributed by atoms with E-state index in [0.717, 1.165) is 0 Å². The second-order valence-corrected chi connectivity index (χ2v) is 15.8. The second-order valence-electron chi connectivity index (χ2n) is 13.7. The van der Waals surface area contributed by atoms with Crippen LogP contribution in [0.25, 0.3) is 49.7 Å². The lowest BCUT2D eigenvalue weighted by Gasteiger charge is -2.48. The van der Waals surface area contributed by atoms with Crippen molar-refractivity contribution < 1.29 is 0 Å². The first kappa shape index (κ1) is 28.8. The van der Waals surface area contributed by atoms with Crippen molar-refractivity contribution in [2.24, 2.45) is 0 Å². The highest BCUT2D eigenvalue weighted by Crippen LogP contribution is 2.58. The van der Waals surface area contributed by atoms with Crippen molar-refractivity contribution in [2.45, 2.75) is 5.41 Å². The molecule has 0 saturated carbocycles. The van der Waals surface area contributed by atoms with Crippen molar-refractivity contribution in [3.63, 3.8) is 0 Å². The van der Waals surface area contributed by atoms with E-state index in [-0.39, 0.29) is 0 Å². The van der Waals surface area contributed by atoms with Crippen LogP contribution in [0.4, 0.5) is 0 Å². The summed E-state index contributed by atoms with van der Waals surface area (Å²) in [6.07, 6.45) is 0. The molecule has 2 aliphatic rings. The van der Waals surface area contributed by atoms with Gasteiger partial charge in [-0.2, -0.15) is 0 Å². The summed E-state index contributed by atoms with van der Waals surface area (Å²) in [6, 6.07) is 72.7. The normalized spacial score (nSPS) is 16.9. The second kappa shape index (κ2) is 11.0. The standard InChI is InChI=1S/C49H32NP/c1-3-14-33(15-4-1)34-26-28-35(29-27-34)36-30-31-47-43(32-36)49(41-21-9-12-25-46(41)51(47)37-16-5-2-6-17-37)40-20-8-11-24-45(40)50-44-23-10-7-18-38(44)39-19-13-22-42(49)48(39)50/h1-32H. The molecule has 8 aromatic carbocycles. The predicted octanol–water partition coefficient (Wildman–Crippen LogP) is 10.9. The minimum Gasteiger partial charge on any atom is -0.309 e. The minimum absolute atomic E-state index is 0.514. The van der Waals surface area contributed by atoms with Crippen LogP contribution < -0.4 is 15.9 Å². The van der Waals surface area contributed by atoms with Gasteiger partial charge in [0.2, 0.25) is 0 Å². The topological polar surface area (TPSA) is 4.93 Å². The average Bonchev–Trinajstić information content (AvgIpc) is 3.55. The van der Waals surface area contributed by atoms with E-state index >= 15 is 0 Å². The number of benzene rings is 8. The Balaban J connectivity index is 1.26. The quantitative estimate of drug-likeness (QED) is 0.166. The van der Waals surface area contributed by atoms with E-state index in [9.17, 15) is 0 Å². The molecule has 2 heteroatoms. The summed E-state index contributed by atoms with van der Waals surface area (Å²) in [4.78, 5) is 0. The molecule has 0 fully saturated rings. The monoisotopic (exact) mass is 665 g/mol. The van der Waals surface area contributed by atoms with E-state index < -0.39 is 13.3 Å². The number of rotatable bonds is 3. The minimum atomic E-state index is -0.808. The SMILES string of the molecule is c1ccc(-c2ccc(-c3ccc4c(c3)C3(c5ccccc5-n5c6ccccc6c6cccc3c65)c3ccccc3P4c3ccccc3)cc2)cc1. The third-order valence-corrected chi connectivity index (χ3v) is 13.7. The van der Waals surface area contributed by atoms with Crippen LogP contribution in [0.15, 0.2) is 194 Å². The summed E-state index contributed by atoms with van der Waals surface area (Å²) >= 11 is 0. The Labute approximate surface area is 298 Å². The summed E-state index contributed by atoms with van der Waals surface area (Å²) in [5.41, 5.74) is 13.7. The first-order valence-corrected chi connectivity index (χ1v) is 19.0. The Bertz CT molecular complexity index is 2800. The highest BCUT2D eigenvalue weighted by Gasteiger charge is 2.51. The molecule has 1 aromatic heterocycles. The molecule has 1 nitrogen and oxygen atoms in total. The summed E-state index contributed by atoms with van der Waals surface area (Å²) in [6.45, 7) is 0. The molecule has 51 heavy (non-hydrogen) atoms. The summed E-state index contributed by atoms with van der Waals surface area (Å²) in [7, 11) is -0.808. The van der Waals surface area contributed by atoms with E-state index in [1.54, 1.807) is 0 Å². The predicted molar refractivity (Wildman–Crippen MR) is 216 cm³/mol. The highest BCUT2D eigenvalue weighted by molar-refractivity contribution is 7.80. The molecule has 2 unspecified atom stereocenters. The van der Waals surface area contributed by atoms with Gasteiger partial charge in [-0.05, 0) is 86.5 Å². The number of hydrogen-bond donors (Lipinski definition) is 0. The summed E-state index contributed by atoms with van der Waals surface area (Å²) < 4.78 is 2.53. The molecule has 0 aliphatic carbocycles. The molecule has 0 radical (unpaired) electrons. The molecular weight excluding hydrogens is 634 g/mol. The summed E-state index contributed by atoms with van der Waals surface area (Å²) in [5.74, 6) is 0. The molecule has 0 N–H and O–H groups in total. The molecule has 0 amide bonds. The van der Waals surface area contributed by atoms with Crippen LogP contribution in [-0.2, 0) is 5.41 Å². The Hall–Kier alpha value is -6.01. The van der Waals surface area contributed by atoms with Gasteiger partial charge >= 0.3 is 0 Å². The molecule has 2 aliphatic heterocycles. The van der Waals surface area contributed by atoms with Crippen molar-refractivity contribution in [2.75, 3.05) is 0 Å². The molecule has 9 aromatic rings. The number of fused-ring (bicyclic) bond motifs is 11. The molecule has 3 heterocycles. The highest BCUT2D eigenvalue weighted by atomic mass is 31.1. The molecule has 0 saturated heterocycles. The average molecular weight is 666 g/mol. The van der Waals surface area contributed by atoms with Gasteiger partial charge in [0.15, 0.2) is 0 Å². The fourth-order valence-corrected chi connectivity index (χ4v) is 11.8. The van der Waals surface area contributed by atoms with Gasteiger partial charge in [-0.3, -0.25) is 0 Å². The van der Waals surface area contributed by atoms with Gasteiger partial charge < -0.3 is 4.57 Å². The molecule has 0 bridgehead atoms. The maximum absolute atomic E-state index is 2.54. The van der Waals surface area contributed by atoms with Gasteiger partial charge in [-0.1, -0.05) is 176 Å². The Morgan fingerprint density at radius 3 is 1.76 bits per heavy atom. The van der Waals surface area contributed by atoms with Crippen LogP contribution in [0.1, 0.15) is 22.3 Å². The van der Waals surface area contributed by atoms with Crippen LogP contribution in [-0.4, -0.2) is 4.57 Å². The van der Waals surface area contributed by atoms with Gasteiger partial charge in [0.25, 0.3) is 0 Å². The van der Waals surface area contributed by atoms with Crippen molar-refractivity contribution in [1.29, 1.82) is 0 Å².